The zero-order valence-corrected chi connectivity index (χ0v) is 11.3. The highest BCUT2D eigenvalue weighted by Crippen LogP contribution is 2.10. The molecule has 0 amide bonds. The minimum absolute atomic E-state index is 0.195. The lowest BCUT2D eigenvalue weighted by atomic mass is 10.2. The van der Waals surface area contributed by atoms with Crippen LogP contribution in [0.5, 0.6) is 0 Å². The van der Waals surface area contributed by atoms with Crippen LogP contribution in [0.4, 0.5) is 0 Å². The third-order valence-corrected chi connectivity index (χ3v) is 1.62. The summed E-state index contributed by atoms with van der Waals surface area (Å²) in [5.41, 5.74) is 5.57. The highest BCUT2D eigenvalue weighted by molar-refractivity contribution is 6.27. The van der Waals surface area contributed by atoms with E-state index in [2.05, 4.69) is 9.97 Å². The van der Waals surface area contributed by atoms with Crippen LogP contribution in [0.25, 0.3) is 0 Å². The van der Waals surface area contributed by atoms with E-state index in [0.717, 1.165) is 0 Å². The number of nitrogens with one attached hydrogen (secondary N) is 1. The molecule has 0 aliphatic carbocycles. The average molecular weight is 287 g/mol. The highest BCUT2D eigenvalue weighted by Gasteiger charge is 2.19. The van der Waals surface area contributed by atoms with Crippen LogP contribution in [0.1, 0.15) is 37.1 Å². The number of carboxylic acids is 2. The van der Waals surface area contributed by atoms with Crippen molar-refractivity contribution in [2.45, 2.75) is 32.9 Å². The number of H-pyrrole nitrogens is 1. The molecule has 0 bridgehead atoms. The molecule has 0 aliphatic rings. The van der Waals surface area contributed by atoms with Gasteiger partial charge in [-0.15, -0.1) is 0 Å². The number of nitrogens with zero attached hydrogens (tertiary/aromatic N) is 1. The van der Waals surface area contributed by atoms with Gasteiger partial charge in [0.25, 0.3) is 0 Å². The molecule has 1 aromatic rings. The highest BCUT2D eigenvalue weighted by atomic mass is 16.6. The molecule has 112 valence electrons. The van der Waals surface area contributed by atoms with E-state index in [9.17, 15) is 4.79 Å². The molecule has 0 aliphatic heterocycles. The van der Waals surface area contributed by atoms with Gasteiger partial charge in [-0.25, -0.2) is 19.4 Å². The van der Waals surface area contributed by atoms with E-state index in [1.54, 1.807) is 20.8 Å². The number of hydrogen-bond acceptors (Lipinski definition) is 6. The van der Waals surface area contributed by atoms with Crippen LogP contribution in [0.2, 0.25) is 0 Å². The van der Waals surface area contributed by atoms with Crippen LogP contribution < -0.4 is 5.73 Å². The fourth-order valence-corrected chi connectivity index (χ4v) is 0.893. The molecule has 0 fully saturated rings. The fourth-order valence-electron chi connectivity index (χ4n) is 0.893. The molecule has 0 aromatic carbocycles. The summed E-state index contributed by atoms with van der Waals surface area (Å²) in [6, 6.07) is 0. The number of carboxylic acid groups (broad SMARTS) is 2. The van der Waals surface area contributed by atoms with Gasteiger partial charge in [0.2, 0.25) is 5.82 Å². The smallest absolute Gasteiger partial charge is 0.414 e. The fraction of sp³-hybridized carbons (Fsp3) is 0.455. The van der Waals surface area contributed by atoms with Crippen molar-refractivity contribution in [2.75, 3.05) is 0 Å². The zero-order chi connectivity index (χ0) is 15.9. The standard InChI is InChI=1S/C9H15N3O2.C2H2O4/c1-9(2,3)14-8(13)7-11-5-6(4-10)12-7;3-1(4)2(5)6/h5H,4,10H2,1-3H3,(H,11,12);(H,3,4)(H,5,6). The molecule has 0 atom stereocenters. The van der Waals surface area contributed by atoms with Gasteiger partial charge in [0.05, 0.1) is 6.20 Å². The average Bonchev–Trinajstić information content (AvgIpc) is 2.75. The Morgan fingerprint density at radius 1 is 1.30 bits per heavy atom. The number of aliphatic carboxylic acids is 2. The van der Waals surface area contributed by atoms with Gasteiger partial charge in [0.1, 0.15) is 5.60 Å². The van der Waals surface area contributed by atoms with Gasteiger partial charge >= 0.3 is 17.9 Å². The molecular weight excluding hydrogens is 270 g/mol. The quantitative estimate of drug-likeness (QED) is 0.436. The van der Waals surface area contributed by atoms with E-state index in [-0.39, 0.29) is 5.82 Å². The number of aromatic nitrogens is 2. The Bertz CT molecular complexity index is 477. The lowest BCUT2D eigenvalue weighted by Gasteiger charge is -2.18. The van der Waals surface area contributed by atoms with Crippen molar-refractivity contribution in [1.82, 2.24) is 9.97 Å². The first-order valence-corrected chi connectivity index (χ1v) is 5.50. The molecule has 1 rings (SSSR count). The minimum atomic E-state index is -1.82. The minimum Gasteiger partial charge on any atom is -0.473 e. The second kappa shape index (κ2) is 7.24. The van der Waals surface area contributed by atoms with Gasteiger partial charge in [0, 0.05) is 12.2 Å². The maximum absolute atomic E-state index is 11.4. The lowest BCUT2D eigenvalue weighted by Crippen LogP contribution is -2.24. The number of rotatable bonds is 2. The third kappa shape index (κ3) is 7.11. The van der Waals surface area contributed by atoms with Crippen LogP contribution in [-0.2, 0) is 20.9 Å². The predicted molar refractivity (Wildman–Crippen MR) is 66.9 cm³/mol. The van der Waals surface area contributed by atoms with Gasteiger partial charge in [-0.05, 0) is 20.8 Å². The summed E-state index contributed by atoms with van der Waals surface area (Å²) in [6.45, 7) is 5.74. The molecule has 9 nitrogen and oxygen atoms in total. The van der Waals surface area contributed by atoms with Crippen LogP contribution in [0.3, 0.4) is 0 Å². The van der Waals surface area contributed by atoms with E-state index in [1.807, 2.05) is 0 Å². The normalized spacial score (nSPS) is 10.2. The van der Waals surface area contributed by atoms with Crippen molar-refractivity contribution < 1.29 is 29.3 Å². The number of esters is 1. The summed E-state index contributed by atoms with van der Waals surface area (Å²) in [7, 11) is 0. The van der Waals surface area contributed by atoms with Crippen molar-refractivity contribution in [1.29, 1.82) is 0 Å². The largest absolute Gasteiger partial charge is 0.473 e. The third-order valence-electron chi connectivity index (χ3n) is 1.62. The molecule has 5 N–H and O–H groups in total. The van der Waals surface area contributed by atoms with Crippen LogP contribution in [-0.4, -0.2) is 43.7 Å². The van der Waals surface area contributed by atoms with E-state index in [4.69, 9.17) is 30.3 Å². The van der Waals surface area contributed by atoms with Gasteiger partial charge in [0.15, 0.2) is 0 Å². The Kier molecular flexibility index (Phi) is 6.36. The van der Waals surface area contributed by atoms with E-state index < -0.39 is 23.5 Å². The van der Waals surface area contributed by atoms with Crippen LogP contribution >= 0.6 is 0 Å². The van der Waals surface area contributed by atoms with Gasteiger partial charge in [-0.1, -0.05) is 0 Å². The summed E-state index contributed by atoms with van der Waals surface area (Å²) in [5.74, 6) is -3.91. The van der Waals surface area contributed by atoms with Gasteiger partial charge < -0.3 is 25.7 Å². The second-order valence-corrected chi connectivity index (χ2v) is 4.57. The number of carbonyl (C=O) groups excluding carboxylic acids is 1. The Hall–Kier alpha value is -2.42. The monoisotopic (exact) mass is 287 g/mol. The predicted octanol–water partition coefficient (Wildman–Crippen LogP) is -0.0207. The van der Waals surface area contributed by atoms with Crippen molar-refractivity contribution in [3.05, 3.63) is 17.7 Å². The van der Waals surface area contributed by atoms with Crippen molar-refractivity contribution in [3.8, 4) is 0 Å². The SMILES string of the molecule is CC(C)(C)OC(=O)c1ncc(CN)[nH]1.O=C(O)C(=O)O. The van der Waals surface area contributed by atoms with E-state index in [1.165, 1.54) is 6.20 Å². The topological polar surface area (TPSA) is 156 Å². The lowest BCUT2D eigenvalue weighted by molar-refractivity contribution is -0.159. The van der Waals surface area contributed by atoms with Crippen LogP contribution in [0.15, 0.2) is 6.20 Å². The second-order valence-electron chi connectivity index (χ2n) is 4.57. The number of imidazole rings is 1. The van der Waals surface area contributed by atoms with Gasteiger partial charge in [-0.2, -0.15) is 0 Å². The Labute approximate surface area is 114 Å². The van der Waals surface area contributed by atoms with Crippen molar-refractivity contribution in [2.24, 2.45) is 5.73 Å². The molecule has 9 heteroatoms. The summed E-state index contributed by atoms with van der Waals surface area (Å²) >= 11 is 0. The molecule has 1 heterocycles. The number of aromatic amines is 1. The van der Waals surface area contributed by atoms with E-state index >= 15 is 0 Å². The first-order chi connectivity index (χ1) is 9.06. The van der Waals surface area contributed by atoms with E-state index in [0.29, 0.717) is 12.2 Å². The maximum atomic E-state index is 11.4. The first kappa shape index (κ1) is 17.6. The Balaban J connectivity index is 0.000000511. The summed E-state index contributed by atoms with van der Waals surface area (Å²) in [4.78, 5) is 36.3. The number of ether oxygens (including phenoxy) is 1. The maximum Gasteiger partial charge on any atom is 0.414 e. The molecule has 1 aromatic heterocycles. The molecule has 0 saturated carbocycles. The summed E-state index contributed by atoms with van der Waals surface area (Å²) in [5, 5.41) is 14.8. The number of carbonyl (C=O) groups is 3. The Morgan fingerprint density at radius 2 is 1.80 bits per heavy atom. The van der Waals surface area contributed by atoms with Crippen LogP contribution in [0, 0.1) is 0 Å². The summed E-state index contributed by atoms with van der Waals surface area (Å²) < 4.78 is 5.11. The molecule has 0 unspecified atom stereocenters. The molecule has 20 heavy (non-hydrogen) atoms. The van der Waals surface area contributed by atoms with Gasteiger partial charge in [-0.3, -0.25) is 0 Å². The Morgan fingerprint density at radius 3 is 2.10 bits per heavy atom. The number of nitrogens with two attached hydrogens (primary N) is 1. The molecule has 0 radical (unpaired) electrons. The number of hydrogen-bond donors (Lipinski definition) is 4. The molecule has 0 saturated heterocycles. The first-order valence-electron chi connectivity index (χ1n) is 5.50. The molecular formula is C11H17N3O6. The zero-order valence-electron chi connectivity index (χ0n) is 11.3. The van der Waals surface area contributed by atoms with Crippen molar-refractivity contribution in [3.63, 3.8) is 0 Å². The molecule has 0 spiro atoms. The summed E-state index contributed by atoms with van der Waals surface area (Å²) in [6.07, 6.45) is 1.53. The van der Waals surface area contributed by atoms with Crippen molar-refractivity contribution >= 4 is 17.9 Å².